The number of benzene rings is 4. The molecule has 382 valence electrons. The summed E-state index contributed by atoms with van der Waals surface area (Å²) in [5.41, 5.74) is 8.42. The number of phenolic OH excluding ortho intramolecular Hbond substituents is 1. The summed E-state index contributed by atoms with van der Waals surface area (Å²) in [5, 5.41) is 31.1. The number of carbonyl (C=O) groups is 2. The van der Waals surface area contributed by atoms with Crippen LogP contribution in [-0.4, -0.2) is 70.5 Å². The standard InChI is InChI=1S/C26H28N4O6S.C25H26N4O6S/c1-16-11-17(2)21(18(3)12-16)15-29-14-19-9-10-20(36-5)13-22(19)26(29,4)25(31)28-37(34,35)24-8-6-7-23(27-24)30(32)33;1-15-10-16(2)20(17(3)11-15)14-28-13-18-8-9-19(30)12-21(18)25(28,4)24(31)27-36(34,35)23-7-5-6-22(26-23)29(32)33/h6-13H,14-15H2,1-5H3,(H,28,31);5-12,30H,13-14H2,1-4H3,(H,27,31). The summed E-state index contributed by atoms with van der Waals surface area (Å²) in [6.45, 7) is 16.8. The number of nitrogens with zero attached hydrogens (tertiary/aromatic N) is 6. The van der Waals surface area contributed by atoms with E-state index < -0.39 is 74.5 Å². The van der Waals surface area contributed by atoms with Gasteiger partial charge in [0.1, 0.15) is 22.6 Å². The Labute approximate surface area is 422 Å². The van der Waals surface area contributed by atoms with E-state index in [4.69, 9.17) is 4.74 Å². The summed E-state index contributed by atoms with van der Waals surface area (Å²) in [6, 6.07) is 25.1. The highest BCUT2D eigenvalue weighted by molar-refractivity contribution is 7.90. The fraction of sp³-hybridized carbons (Fsp3) is 0.294. The van der Waals surface area contributed by atoms with Crippen molar-refractivity contribution in [2.75, 3.05) is 7.11 Å². The van der Waals surface area contributed by atoms with Gasteiger partial charge in [-0.25, -0.2) is 9.44 Å². The molecule has 0 saturated heterocycles. The van der Waals surface area contributed by atoms with Crippen molar-refractivity contribution in [1.29, 1.82) is 0 Å². The van der Waals surface area contributed by atoms with Crippen LogP contribution in [-0.2, 0) is 66.9 Å². The maximum atomic E-state index is 13.8. The van der Waals surface area contributed by atoms with Crippen molar-refractivity contribution < 1.29 is 46.1 Å². The predicted octanol–water partition coefficient (Wildman–Crippen LogP) is 7.02. The number of carbonyl (C=O) groups excluding carboxylic acids is 2. The number of aromatic nitrogens is 2. The van der Waals surface area contributed by atoms with Crippen LogP contribution in [0.1, 0.15) is 80.6 Å². The fourth-order valence-electron chi connectivity index (χ4n) is 9.62. The number of fused-ring (bicyclic) bond motifs is 2. The van der Waals surface area contributed by atoms with Crippen LogP contribution in [0, 0.1) is 61.8 Å². The molecule has 73 heavy (non-hydrogen) atoms. The summed E-state index contributed by atoms with van der Waals surface area (Å²) in [7, 11) is -7.51. The van der Waals surface area contributed by atoms with Gasteiger partial charge < -0.3 is 30.1 Å². The minimum Gasteiger partial charge on any atom is -0.508 e. The third-order valence-electron chi connectivity index (χ3n) is 13.5. The minimum atomic E-state index is -4.53. The fourth-order valence-corrected chi connectivity index (χ4v) is 11.7. The molecule has 0 aliphatic carbocycles. The first kappa shape index (κ1) is 53.1. The molecule has 3 N–H and O–H groups in total. The van der Waals surface area contributed by atoms with E-state index in [0.717, 1.165) is 79.9 Å². The number of methoxy groups -OCH3 is 1. The van der Waals surface area contributed by atoms with E-state index in [9.17, 15) is 51.8 Å². The number of nitro groups is 2. The van der Waals surface area contributed by atoms with E-state index in [2.05, 4.69) is 31.5 Å². The van der Waals surface area contributed by atoms with E-state index in [0.29, 0.717) is 43.1 Å². The molecule has 22 heteroatoms. The first-order valence-corrected chi connectivity index (χ1v) is 25.7. The molecule has 2 amide bonds. The van der Waals surface area contributed by atoms with Crippen LogP contribution >= 0.6 is 0 Å². The lowest BCUT2D eigenvalue weighted by molar-refractivity contribution is -0.390. The number of phenols is 1. The second kappa shape index (κ2) is 20.1. The van der Waals surface area contributed by atoms with Gasteiger partial charge in [-0.2, -0.15) is 16.8 Å². The van der Waals surface area contributed by atoms with Crippen molar-refractivity contribution in [2.24, 2.45) is 0 Å². The van der Waals surface area contributed by atoms with E-state index in [-0.39, 0.29) is 5.75 Å². The maximum Gasteiger partial charge on any atom is 0.364 e. The first-order chi connectivity index (χ1) is 34.2. The van der Waals surface area contributed by atoms with Crippen molar-refractivity contribution in [3.8, 4) is 11.5 Å². The molecule has 0 saturated carbocycles. The molecule has 8 rings (SSSR count). The van der Waals surface area contributed by atoms with Crippen molar-refractivity contribution in [1.82, 2.24) is 29.2 Å². The zero-order valence-corrected chi connectivity index (χ0v) is 43.1. The van der Waals surface area contributed by atoms with Gasteiger partial charge in [-0.05, 0) is 167 Å². The van der Waals surface area contributed by atoms with Gasteiger partial charge in [0, 0.05) is 50.4 Å². The van der Waals surface area contributed by atoms with E-state index in [1.807, 2.05) is 69.5 Å². The Kier molecular flexibility index (Phi) is 14.6. The van der Waals surface area contributed by atoms with E-state index in [1.165, 1.54) is 31.4 Å². The average molecular weight is 1040 g/mol. The van der Waals surface area contributed by atoms with Crippen molar-refractivity contribution >= 4 is 43.5 Å². The second-order valence-corrected chi connectivity index (χ2v) is 21.8. The maximum absolute atomic E-state index is 13.8. The first-order valence-electron chi connectivity index (χ1n) is 22.7. The van der Waals surface area contributed by atoms with E-state index >= 15 is 0 Å². The number of amides is 2. The Morgan fingerprint density at radius 1 is 0.630 bits per heavy atom. The van der Waals surface area contributed by atoms with Crippen molar-refractivity contribution in [3.63, 3.8) is 0 Å². The number of sulfonamides is 2. The molecule has 6 aromatic rings. The molecule has 2 aliphatic heterocycles. The Bertz CT molecular complexity index is 3430. The molecule has 0 spiro atoms. The summed E-state index contributed by atoms with van der Waals surface area (Å²) >= 11 is 0. The lowest BCUT2D eigenvalue weighted by Crippen LogP contribution is -2.52. The molecule has 4 aromatic carbocycles. The minimum absolute atomic E-state index is 0.0551. The molecule has 2 aromatic heterocycles. The summed E-state index contributed by atoms with van der Waals surface area (Å²) < 4.78 is 61.8. The number of nitrogens with one attached hydrogen (secondary N) is 2. The number of hydrogen-bond donors (Lipinski definition) is 3. The Morgan fingerprint density at radius 2 is 1.01 bits per heavy atom. The number of hydrogen-bond acceptors (Lipinski definition) is 16. The van der Waals surface area contributed by atoms with Crippen molar-refractivity contribution in [2.45, 2.75) is 103 Å². The van der Waals surface area contributed by atoms with Crippen LogP contribution in [0.25, 0.3) is 0 Å². The van der Waals surface area contributed by atoms with Crippen LogP contribution in [0.2, 0.25) is 0 Å². The zero-order chi connectivity index (χ0) is 53.5. The molecular formula is C51H54N8O12S2. The number of pyridine rings is 2. The topological polar surface area (TPSA) is 274 Å². The molecule has 2 unspecified atom stereocenters. The monoisotopic (exact) mass is 1030 g/mol. The second-order valence-electron chi connectivity index (χ2n) is 18.5. The highest BCUT2D eigenvalue weighted by Crippen LogP contribution is 2.44. The lowest BCUT2D eigenvalue weighted by Gasteiger charge is -2.35. The highest BCUT2D eigenvalue weighted by atomic mass is 32.2. The third-order valence-corrected chi connectivity index (χ3v) is 16.0. The van der Waals surface area contributed by atoms with Gasteiger partial charge >= 0.3 is 31.7 Å². The Morgan fingerprint density at radius 3 is 1.40 bits per heavy atom. The van der Waals surface area contributed by atoms with Crippen LogP contribution in [0.3, 0.4) is 0 Å². The lowest BCUT2D eigenvalue weighted by atomic mass is 9.90. The largest absolute Gasteiger partial charge is 0.508 e. The smallest absolute Gasteiger partial charge is 0.364 e. The SMILES string of the molecule is COc1ccc2c(c1)C(C)(C(=O)NS(=O)(=O)c1cccc([N+](=O)[O-])n1)N(Cc1c(C)cc(C)cc1C)C2.Cc1cc(C)c(CN2Cc3ccc(O)cc3C2(C)C(=O)NS(=O)(=O)c2cccc([N+](=O)[O-])n2)c(C)c1. The molecule has 0 bridgehead atoms. The van der Waals surface area contributed by atoms with Gasteiger partial charge in [-0.3, -0.25) is 19.4 Å². The Balaban J connectivity index is 0.000000214. The number of rotatable bonds is 13. The average Bonchev–Trinajstić information content (AvgIpc) is 3.77. The molecule has 2 atom stereocenters. The molecule has 0 radical (unpaired) electrons. The molecule has 20 nitrogen and oxygen atoms in total. The number of aromatic hydroxyl groups is 1. The molecule has 0 fully saturated rings. The van der Waals surface area contributed by atoms with Crippen LogP contribution in [0.5, 0.6) is 11.5 Å². The van der Waals surface area contributed by atoms with Gasteiger partial charge in [0.2, 0.25) is 0 Å². The van der Waals surface area contributed by atoms with Gasteiger partial charge in [0.05, 0.1) is 7.11 Å². The number of aryl methyl sites for hydroxylation is 6. The van der Waals surface area contributed by atoms with Crippen LogP contribution in [0.15, 0.2) is 107 Å². The van der Waals surface area contributed by atoms with Gasteiger partial charge in [-0.1, -0.05) is 47.5 Å². The zero-order valence-electron chi connectivity index (χ0n) is 41.5. The van der Waals surface area contributed by atoms with Gasteiger partial charge in [0.25, 0.3) is 21.9 Å². The Hall–Kier alpha value is -7.66. The van der Waals surface area contributed by atoms with Crippen LogP contribution < -0.4 is 14.2 Å². The molecular weight excluding hydrogens is 981 g/mol. The summed E-state index contributed by atoms with van der Waals surface area (Å²) in [6.07, 6.45) is 0. The normalized spacial score (nSPS) is 17.4. The van der Waals surface area contributed by atoms with Crippen molar-refractivity contribution in [3.05, 3.63) is 184 Å². The predicted molar refractivity (Wildman–Crippen MR) is 268 cm³/mol. The van der Waals surface area contributed by atoms with Gasteiger partial charge in [-0.15, -0.1) is 0 Å². The molecule has 4 heterocycles. The molecule has 2 aliphatic rings. The highest BCUT2D eigenvalue weighted by Gasteiger charge is 2.51. The van der Waals surface area contributed by atoms with E-state index in [1.54, 1.807) is 32.0 Å². The quantitative estimate of drug-likeness (QED) is 0.0774. The number of ether oxygens (including phenoxy) is 1. The summed E-state index contributed by atoms with van der Waals surface area (Å²) in [4.78, 5) is 59.0. The van der Waals surface area contributed by atoms with Crippen LogP contribution in [0.4, 0.5) is 11.6 Å². The van der Waals surface area contributed by atoms with Gasteiger partial charge in [0.15, 0.2) is 0 Å². The third kappa shape index (κ3) is 10.5. The summed E-state index contributed by atoms with van der Waals surface area (Å²) in [5.74, 6) is -2.46.